The Hall–Kier alpha value is -0.720. The molecular formula is C10H12IN3O. The van der Waals surface area contributed by atoms with E-state index < -0.39 is 5.41 Å². The second kappa shape index (κ2) is 3.40. The molecule has 0 fully saturated rings. The molecule has 1 aliphatic heterocycles. The Bertz CT molecular complexity index is 431. The quantitative estimate of drug-likeness (QED) is 0.588. The zero-order chi connectivity index (χ0) is 11.2. The van der Waals surface area contributed by atoms with Crippen LogP contribution in [0.3, 0.4) is 0 Å². The third-order valence-corrected chi connectivity index (χ3v) is 3.65. The molecule has 4 nitrogen and oxygen atoms in total. The third kappa shape index (κ3) is 1.44. The number of aromatic nitrogens is 2. The number of carbonyl (C=O) groups excluding carboxylic acids is 1. The topological polar surface area (TPSA) is 46.1 Å². The summed E-state index contributed by atoms with van der Waals surface area (Å²) < 4.78 is 1.56. The van der Waals surface area contributed by atoms with Gasteiger partial charge in [-0.3, -0.25) is 4.79 Å². The maximum absolute atomic E-state index is 11.9. The van der Waals surface area contributed by atoms with Gasteiger partial charge in [-0.1, -0.05) is 6.92 Å². The summed E-state index contributed by atoms with van der Waals surface area (Å²) in [5.41, 5.74) is 1.44. The molecule has 0 saturated heterocycles. The molecule has 0 atom stereocenters. The predicted octanol–water partition coefficient (Wildman–Crippen LogP) is 2.01. The van der Waals surface area contributed by atoms with Crippen molar-refractivity contribution in [3.8, 4) is 0 Å². The Kier molecular flexibility index (Phi) is 2.44. The Morgan fingerprint density at radius 3 is 2.73 bits per heavy atom. The van der Waals surface area contributed by atoms with Gasteiger partial charge in [0.25, 0.3) is 0 Å². The normalized spacial score (nSPS) is 18.1. The molecule has 0 N–H and O–H groups in total. The SMILES string of the molecule is CCc1cc2c(nn1)N(I)C(=O)C2(C)C. The number of hydrogen-bond donors (Lipinski definition) is 0. The first-order chi connectivity index (χ1) is 6.98. The number of anilines is 1. The molecule has 15 heavy (non-hydrogen) atoms. The first-order valence-electron chi connectivity index (χ1n) is 4.86. The number of nitrogens with zero attached hydrogens (tertiary/aromatic N) is 3. The minimum absolute atomic E-state index is 0.0700. The monoisotopic (exact) mass is 317 g/mol. The van der Waals surface area contributed by atoms with Crippen LogP contribution in [-0.4, -0.2) is 16.1 Å². The Morgan fingerprint density at radius 2 is 2.13 bits per heavy atom. The van der Waals surface area contributed by atoms with Crippen molar-refractivity contribution >= 4 is 34.6 Å². The summed E-state index contributed by atoms with van der Waals surface area (Å²) in [6.07, 6.45) is 0.839. The van der Waals surface area contributed by atoms with Crippen molar-refractivity contribution < 1.29 is 4.79 Å². The van der Waals surface area contributed by atoms with Crippen LogP contribution >= 0.6 is 22.9 Å². The lowest BCUT2D eigenvalue weighted by Crippen LogP contribution is -2.30. The van der Waals surface area contributed by atoms with Gasteiger partial charge in [0.05, 0.1) is 34.0 Å². The first-order valence-corrected chi connectivity index (χ1v) is 5.82. The second-order valence-electron chi connectivity index (χ2n) is 4.14. The summed E-state index contributed by atoms with van der Waals surface area (Å²) in [6, 6.07) is 1.99. The van der Waals surface area contributed by atoms with Crippen LogP contribution in [0.2, 0.25) is 0 Å². The van der Waals surface area contributed by atoms with Gasteiger partial charge in [0.2, 0.25) is 5.91 Å². The lowest BCUT2D eigenvalue weighted by atomic mass is 9.87. The van der Waals surface area contributed by atoms with Crippen molar-refractivity contribution in [2.24, 2.45) is 0 Å². The van der Waals surface area contributed by atoms with Gasteiger partial charge in [-0.25, -0.2) is 3.11 Å². The highest BCUT2D eigenvalue weighted by Gasteiger charge is 2.44. The first kappa shape index (κ1) is 10.8. The smallest absolute Gasteiger partial charge is 0.247 e. The number of hydrogen-bond acceptors (Lipinski definition) is 3. The molecule has 0 aromatic carbocycles. The number of carbonyl (C=O) groups is 1. The van der Waals surface area contributed by atoms with E-state index in [4.69, 9.17) is 0 Å². The van der Waals surface area contributed by atoms with Crippen molar-refractivity contribution in [3.05, 3.63) is 17.3 Å². The fourth-order valence-electron chi connectivity index (χ4n) is 1.66. The van der Waals surface area contributed by atoms with Crippen molar-refractivity contribution in [3.63, 3.8) is 0 Å². The summed E-state index contributed by atoms with van der Waals surface area (Å²) in [7, 11) is 0. The number of rotatable bonds is 1. The zero-order valence-electron chi connectivity index (χ0n) is 8.91. The van der Waals surface area contributed by atoms with Gasteiger partial charge < -0.3 is 0 Å². The highest BCUT2D eigenvalue weighted by atomic mass is 127. The predicted molar refractivity (Wildman–Crippen MR) is 65.9 cm³/mol. The van der Waals surface area contributed by atoms with E-state index in [-0.39, 0.29) is 5.91 Å². The van der Waals surface area contributed by atoms with Gasteiger partial charge in [0.15, 0.2) is 5.82 Å². The van der Waals surface area contributed by atoms with Gasteiger partial charge in [-0.2, -0.15) is 5.10 Å². The molecule has 5 heteroatoms. The van der Waals surface area contributed by atoms with E-state index >= 15 is 0 Å². The highest BCUT2D eigenvalue weighted by Crippen LogP contribution is 2.41. The molecule has 0 aliphatic carbocycles. The summed E-state index contributed by atoms with van der Waals surface area (Å²) in [4.78, 5) is 11.9. The zero-order valence-corrected chi connectivity index (χ0v) is 11.1. The molecule has 2 rings (SSSR count). The molecule has 1 amide bonds. The van der Waals surface area contributed by atoms with E-state index in [1.807, 2.05) is 49.7 Å². The van der Waals surface area contributed by atoms with E-state index in [1.54, 1.807) is 3.11 Å². The van der Waals surface area contributed by atoms with Crippen LogP contribution < -0.4 is 3.11 Å². The summed E-state index contributed by atoms with van der Waals surface area (Å²) >= 11 is 1.98. The van der Waals surface area contributed by atoms with E-state index in [2.05, 4.69) is 10.2 Å². The number of fused-ring (bicyclic) bond motifs is 1. The highest BCUT2D eigenvalue weighted by molar-refractivity contribution is 14.1. The molecule has 0 spiro atoms. The summed E-state index contributed by atoms with van der Waals surface area (Å²) in [5.74, 6) is 0.753. The molecule has 0 radical (unpaired) electrons. The largest absolute Gasteiger partial charge is 0.273 e. The van der Waals surface area contributed by atoms with E-state index in [9.17, 15) is 4.79 Å². The van der Waals surface area contributed by atoms with E-state index in [0.717, 1.165) is 17.7 Å². The van der Waals surface area contributed by atoms with Crippen LogP contribution in [0, 0.1) is 0 Å². The van der Waals surface area contributed by atoms with Crippen molar-refractivity contribution in [2.75, 3.05) is 3.11 Å². The average molecular weight is 317 g/mol. The molecular weight excluding hydrogens is 305 g/mol. The maximum atomic E-state index is 11.9. The van der Waals surface area contributed by atoms with Crippen LogP contribution in [-0.2, 0) is 16.6 Å². The second-order valence-corrected chi connectivity index (χ2v) is 5.10. The molecule has 0 bridgehead atoms. The van der Waals surface area contributed by atoms with Crippen molar-refractivity contribution in [1.82, 2.24) is 10.2 Å². The van der Waals surface area contributed by atoms with Crippen molar-refractivity contribution in [1.29, 1.82) is 0 Å². The fourth-order valence-corrected chi connectivity index (χ4v) is 2.62. The van der Waals surface area contributed by atoms with Gasteiger partial charge in [-0.15, -0.1) is 5.10 Å². The standard InChI is InChI=1S/C10H12IN3O/c1-4-6-5-7-8(13-12-6)14(11)9(15)10(7,2)3/h5H,4H2,1-3H3. The maximum Gasteiger partial charge on any atom is 0.247 e. The molecule has 1 aliphatic rings. The lowest BCUT2D eigenvalue weighted by Gasteiger charge is -2.15. The van der Waals surface area contributed by atoms with E-state index in [1.165, 1.54) is 0 Å². The van der Waals surface area contributed by atoms with Crippen LogP contribution in [0.5, 0.6) is 0 Å². The number of aryl methyl sites for hydroxylation is 1. The van der Waals surface area contributed by atoms with Crippen molar-refractivity contribution in [2.45, 2.75) is 32.6 Å². The lowest BCUT2D eigenvalue weighted by molar-refractivity contribution is -0.120. The summed E-state index contributed by atoms with van der Waals surface area (Å²) in [6.45, 7) is 5.88. The Balaban J connectivity index is 2.62. The van der Waals surface area contributed by atoms with Gasteiger partial charge in [-0.05, 0) is 26.3 Å². The minimum atomic E-state index is -0.476. The molecule has 1 aromatic heterocycles. The van der Waals surface area contributed by atoms with Gasteiger partial charge in [0, 0.05) is 5.56 Å². The molecule has 1 aromatic rings. The number of amides is 1. The van der Waals surface area contributed by atoms with Crippen LogP contribution in [0.4, 0.5) is 5.82 Å². The third-order valence-electron chi connectivity index (χ3n) is 2.76. The minimum Gasteiger partial charge on any atom is -0.273 e. The molecule has 0 unspecified atom stereocenters. The molecule has 0 saturated carbocycles. The molecule has 2 heterocycles. The van der Waals surface area contributed by atoms with Gasteiger partial charge >= 0.3 is 0 Å². The Labute approximate surface area is 103 Å². The van der Waals surface area contributed by atoms with Crippen LogP contribution in [0.25, 0.3) is 0 Å². The van der Waals surface area contributed by atoms with E-state index in [0.29, 0.717) is 5.82 Å². The Morgan fingerprint density at radius 1 is 1.47 bits per heavy atom. The summed E-state index contributed by atoms with van der Waals surface area (Å²) in [5, 5.41) is 8.18. The van der Waals surface area contributed by atoms with Crippen LogP contribution in [0.15, 0.2) is 6.07 Å². The molecule has 80 valence electrons. The van der Waals surface area contributed by atoms with Gasteiger partial charge in [0.1, 0.15) is 0 Å². The van der Waals surface area contributed by atoms with Crippen LogP contribution in [0.1, 0.15) is 32.0 Å². The fraction of sp³-hybridized carbons (Fsp3) is 0.500. The number of halogens is 1. The average Bonchev–Trinajstić information content (AvgIpc) is 2.40.